The van der Waals surface area contributed by atoms with Crippen LogP contribution in [-0.2, 0) is 16.0 Å². The van der Waals surface area contributed by atoms with Crippen LogP contribution < -0.4 is 5.73 Å². The van der Waals surface area contributed by atoms with E-state index in [1.165, 1.54) is 0 Å². The first-order chi connectivity index (χ1) is 10.6. The number of piperidine rings is 1. The number of hydrogen-bond acceptors (Lipinski definition) is 5. The zero-order valence-corrected chi connectivity index (χ0v) is 13.1. The van der Waals surface area contributed by atoms with Crippen molar-refractivity contribution in [3.8, 4) is 0 Å². The molecular weight excluding hydrogens is 280 g/mol. The summed E-state index contributed by atoms with van der Waals surface area (Å²) in [5, 5.41) is 0. The number of likely N-dealkylation sites (tertiary alicyclic amines) is 1. The highest BCUT2D eigenvalue weighted by atomic mass is 16.5. The van der Waals surface area contributed by atoms with Crippen LogP contribution in [0.1, 0.15) is 37.2 Å². The van der Waals surface area contributed by atoms with E-state index in [9.17, 15) is 4.79 Å². The summed E-state index contributed by atoms with van der Waals surface area (Å²) in [5.74, 6) is 2.00. The largest absolute Gasteiger partial charge is 0.384 e. The topological polar surface area (TPSA) is 81.3 Å². The highest BCUT2D eigenvalue weighted by molar-refractivity contribution is 5.81. The van der Waals surface area contributed by atoms with E-state index in [0.29, 0.717) is 11.7 Å². The van der Waals surface area contributed by atoms with Crippen molar-refractivity contribution in [2.75, 3.05) is 25.4 Å². The number of carbonyl (C=O) groups is 1. The second-order valence-corrected chi connectivity index (χ2v) is 6.31. The zero-order valence-electron chi connectivity index (χ0n) is 13.1. The van der Waals surface area contributed by atoms with E-state index in [-0.39, 0.29) is 12.0 Å². The molecule has 0 aromatic carbocycles. The van der Waals surface area contributed by atoms with Crippen LogP contribution in [0.25, 0.3) is 0 Å². The molecule has 6 nitrogen and oxygen atoms in total. The first kappa shape index (κ1) is 15.2. The Morgan fingerprint density at radius 3 is 2.77 bits per heavy atom. The highest BCUT2D eigenvalue weighted by Crippen LogP contribution is 2.24. The van der Waals surface area contributed by atoms with Crippen LogP contribution in [-0.4, -0.2) is 46.6 Å². The van der Waals surface area contributed by atoms with Gasteiger partial charge in [0.15, 0.2) is 0 Å². The molecule has 1 amide bonds. The third-order valence-corrected chi connectivity index (χ3v) is 4.54. The molecule has 0 bridgehead atoms. The maximum Gasteiger partial charge on any atom is 0.251 e. The third-order valence-electron chi connectivity index (χ3n) is 4.54. The van der Waals surface area contributed by atoms with E-state index in [1.807, 2.05) is 17.9 Å². The molecule has 1 aromatic heterocycles. The number of carbonyl (C=O) groups excluding carboxylic acids is 1. The molecular formula is C16H24N4O2. The van der Waals surface area contributed by atoms with Crippen LogP contribution in [0.4, 0.5) is 5.82 Å². The summed E-state index contributed by atoms with van der Waals surface area (Å²) in [4.78, 5) is 22.8. The molecule has 2 saturated heterocycles. The molecule has 0 saturated carbocycles. The average molecular weight is 304 g/mol. The number of aromatic nitrogens is 2. The fourth-order valence-corrected chi connectivity index (χ4v) is 3.39. The summed E-state index contributed by atoms with van der Waals surface area (Å²) in [6, 6.07) is 1.86. The highest BCUT2D eigenvalue weighted by Gasteiger charge is 2.30. The van der Waals surface area contributed by atoms with Crippen molar-refractivity contribution in [2.45, 2.75) is 45.1 Å². The summed E-state index contributed by atoms with van der Waals surface area (Å²) >= 11 is 0. The third kappa shape index (κ3) is 3.55. The van der Waals surface area contributed by atoms with Crippen molar-refractivity contribution in [3.63, 3.8) is 0 Å². The van der Waals surface area contributed by atoms with Gasteiger partial charge in [0, 0.05) is 31.5 Å². The lowest BCUT2D eigenvalue weighted by Crippen LogP contribution is -2.44. The normalized spacial score (nSPS) is 23.0. The number of nitrogens with two attached hydrogens (primary N) is 1. The Labute approximate surface area is 131 Å². The van der Waals surface area contributed by atoms with Gasteiger partial charge >= 0.3 is 0 Å². The van der Waals surface area contributed by atoms with Gasteiger partial charge in [0.05, 0.1) is 0 Å². The number of rotatable bonds is 3. The van der Waals surface area contributed by atoms with Gasteiger partial charge in [-0.05, 0) is 44.9 Å². The van der Waals surface area contributed by atoms with E-state index in [4.69, 9.17) is 10.5 Å². The van der Waals surface area contributed by atoms with Gasteiger partial charge in [0.1, 0.15) is 17.7 Å². The van der Waals surface area contributed by atoms with E-state index < -0.39 is 0 Å². The molecule has 6 heteroatoms. The molecule has 3 rings (SSSR count). The van der Waals surface area contributed by atoms with Crippen LogP contribution in [0.15, 0.2) is 6.07 Å². The van der Waals surface area contributed by atoms with Gasteiger partial charge in [-0.3, -0.25) is 4.79 Å². The summed E-state index contributed by atoms with van der Waals surface area (Å²) in [6.45, 7) is 4.23. The molecule has 2 N–H and O–H groups in total. The summed E-state index contributed by atoms with van der Waals surface area (Å²) < 4.78 is 5.49. The molecule has 120 valence electrons. The van der Waals surface area contributed by atoms with E-state index in [0.717, 1.165) is 63.3 Å². The lowest BCUT2D eigenvalue weighted by Gasteiger charge is -2.33. The van der Waals surface area contributed by atoms with Crippen LogP contribution in [0.2, 0.25) is 0 Å². The standard InChI is InChI=1S/C16H24N4O2/c1-11-18-13(10-15(17)19-11)9-12-4-6-20(7-5-12)16(21)14-3-2-8-22-14/h10,12,14H,2-9H2,1H3,(H2,17,18,19)/t14-/m0/s1. The molecule has 2 aliphatic rings. The van der Waals surface area contributed by atoms with Crippen molar-refractivity contribution in [3.05, 3.63) is 17.6 Å². The Kier molecular flexibility index (Phi) is 4.57. The minimum absolute atomic E-state index is 0.179. The van der Waals surface area contributed by atoms with Crippen molar-refractivity contribution >= 4 is 11.7 Å². The molecule has 0 aliphatic carbocycles. The van der Waals surface area contributed by atoms with Gasteiger partial charge in [-0.15, -0.1) is 0 Å². The Morgan fingerprint density at radius 2 is 2.14 bits per heavy atom. The van der Waals surface area contributed by atoms with Crippen LogP contribution in [0.3, 0.4) is 0 Å². The lowest BCUT2D eigenvalue weighted by molar-refractivity contribution is -0.142. The van der Waals surface area contributed by atoms with E-state index >= 15 is 0 Å². The molecule has 0 radical (unpaired) electrons. The number of hydrogen-bond donors (Lipinski definition) is 1. The number of nitrogens with zero attached hydrogens (tertiary/aromatic N) is 3. The van der Waals surface area contributed by atoms with Crippen LogP contribution in [0.5, 0.6) is 0 Å². The van der Waals surface area contributed by atoms with Crippen molar-refractivity contribution in [1.82, 2.24) is 14.9 Å². The van der Waals surface area contributed by atoms with Gasteiger partial charge in [-0.25, -0.2) is 9.97 Å². The maximum atomic E-state index is 12.3. The predicted octanol–water partition coefficient (Wildman–Crippen LogP) is 1.33. The Morgan fingerprint density at radius 1 is 1.36 bits per heavy atom. The van der Waals surface area contributed by atoms with Gasteiger partial charge in [0.25, 0.3) is 5.91 Å². The smallest absolute Gasteiger partial charge is 0.251 e. The van der Waals surface area contributed by atoms with E-state index in [1.54, 1.807) is 0 Å². The fourth-order valence-electron chi connectivity index (χ4n) is 3.39. The van der Waals surface area contributed by atoms with Crippen molar-refractivity contribution in [2.24, 2.45) is 5.92 Å². The van der Waals surface area contributed by atoms with Crippen LogP contribution in [0, 0.1) is 12.8 Å². The van der Waals surface area contributed by atoms with Gasteiger partial charge in [0.2, 0.25) is 0 Å². The monoisotopic (exact) mass is 304 g/mol. The molecule has 0 spiro atoms. The summed E-state index contributed by atoms with van der Waals surface area (Å²) in [5.41, 5.74) is 6.79. The quantitative estimate of drug-likeness (QED) is 0.911. The Balaban J connectivity index is 1.52. The van der Waals surface area contributed by atoms with Crippen molar-refractivity contribution < 1.29 is 9.53 Å². The summed E-state index contributed by atoms with van der Waals surface area (Å²) in [7, 11) is 0. The molecule has 2 fully saturated rings. The minimum atomic E-state index is -0.194. The first-order valence-corrected chi connectivity index (χ1v) is 8.12. The number of amides is 1. The SMILES string of the molecule is Cc1nc(N)cc(CC2CCN(C(=O)[C@@H]3CCCO3)CC2)n1. The predicted molar refractivity (Wildman–Crippen MR) is 83.2 cm³/mol. The molecule has 3 heterocycles. The van der Waals surface area contributed by atoms with Gasteiger partial charge < -0.3 is 15.4 Å². The van der Waals surface area contributed by atoms with Gasteiger partial charge in [-0.1, -0.05) is 0 Å². The maximum absolute atomic E-state index is 12.3. The number of aryl methyl sites for hydroxylation is 1. The summed E-state index contributed by atoms with van der Waals surface area (Å²) in [6.07, 6.45) is 4.62. The molecule has 1 aromatic rings. The van der Waals surface area contributed by atoms with E-state index in [2.05, 4.69) is 9.97 Å². The first-order valence-electron chi connectivity index (χ1n) is 8.12. The number of ether oxygens (including phenoxy) is 1. The van der Waals surface area contributed by atoms with Gasteiger partial charge in [-0.2, -0.15) is 0 Å². The fraction of sp³-hybridized carbons (Fsp3) is 0.688. The molecule has 0 unspecified atom stereocenters. The zero-order chi connectivity index (χ0) is 15.5. The minimum Gasteiger partial charge on any atom is -0.384 e. The lowest BCUT2D eigenvalue weighted by atomic mass is 9.91. The number of anilines is 1. The van der Waals surface area contributed by atoms with Crippen molar-refractivity contribution in [1.29, 1.82) is 0 Å². The second kappa shape index (κ2) is 6.60. The average Bonchev–Trinajstić information content (AvgIpc) is 3.00. The Hall–Kier alpha value is -1.69. The molecule has 22 heavy (non-hydrogen) atoms. The van der Waals surface area contributed by atoms with Crippen LogP contribution >= 0.6 is 0 Å². The number of nitrogen functional groups attached to an aromatic ring is 1. The molecule has 1 atom stereocenters. The second-order valence-electron chi connectivity index (χ2n) is 6.31. The molecule has 2 aliphatic heterocycles. The Bertz CT molecular complexity index is 515.